The van der Waals surface area contributed by atoms with Crippen molar-refractivity contribution in [3.05, 3.63) is 63.7 Å². The highest BCUT2D eigenvalue weighted by Gasteiger charge is 2.50. The summed E-state index contributed by atoms with van der Waals surface area (Å²) in [5.41, 5.74) is 1.86. The van der Waals surface area contributed by atoms with Crippen LogP contribution in [0.5, 0.6) is 17.2 Å². The molecule has 4 rings (SSSR count). The standard InChI is InChI=1S/C28H30O10/c1-12(2)6-21(32)38-27-20(37-14(4)29)11-36-28(26(27)34)22-16-7-13(3)8-18(30)23(16)25(33)24-17(22)9-15(35-5)10-19(24)31/h6-10,20,22,26-28,30-31,34H,11H2,1-5H3/t20-,22+,26-,27-,28+/m1/s1. The Morgan fingerprint density at radius 3 is 2.24 bits per heavy atom. The Labute approximate surface area is 219 Å². The van der Waals surface area contributed by atoms with Crippen molar-refractivity contribution in [2.45, 2.75) is 58.0 Å². The van der Waals surface area contributed by atoms with Crippen LogP contribution in [0.1, 0.15) is 59.3 Å². The molecule has 202 valence electrons. The Morgan fingerprint density at radius 1 is 1.00 bits per heavy atom. The molecule has 1 fully saturated rings. The third kappa shape index (κ3) is 4.97. The molecular weight excluding hydrogens is 496 g/mol. The molecule has 1 heterocycles. The van der Waals surface area contributed by atoms with Crippen molar-refractivity contribution in [1.29, 1.82) is 0 Å². The molecule has 1 aliphatic heterocycles. The third-order valence-corrected chi connectivity index (χ3v) is 6.57. The van der Waals surface area contributed by atoms with Crippen LogP contribution in [0.2, 0.25) is 0 Å². The Hall–Kier alpha value is -3.89. The van der Waals surface area contributed by atoms with Crippen molar-refractivity contribution in [2.75, 3.05) is 13.7 Å². The molecule has 2 aromatic rings. The Morgan fingerprint density at radius 2 is 1.63 bits per heavy atom. The van der Waals surface area contributed by atoms with E-state index >= 15 is 0 Å². The number of esters is 2. The second-order valence-electron chi connectivity index (χ2n) is 9.73. The lowest BCUT2D eigenvalue weighted by atomic mass is 9.71. The van der Waals surface area contributed by atoms with Gasteiger partial charge < -0.3 is 34.3 Å². The predicted molar refractivity (Wildman–Crippen MR) is 133 cm³/mol. The molecule has 0 spiro atoms. The van der Waals surface area contributed by atoms with Crippen LogP contribution in [0.15, 0.2) is 35.9 Å². The number of aromatic hydroxyl groups is 2. The Balaban J connectivity index is 1.87. The van der Waals surface area contributed by atoms with Gasteiger partial charge in [0.05, 0.1) is 30.9 Å². The first-order valence-corrected chi connectivity index (χ1v) is 12.0. The number of methoxy groups -OCH3 is 1. The number of hydrogen-bond acceptors (Lipinski definition) is 10. The molecule has 10 nitrogen and oxygen atoms in total. The van der Waals surface area contributed by atoms with Gasteiger partial charge in [-0.1, -0.05) is 11.6 Å². The number of hydrogen-bond donors (Lipinski definition) is 3. The van der Waals surface area contributed by atoms with E-state index in [1.807, 2.05) is 0 Å². The third-order valence-electron chi connectivity index (χ3n) is 6.57. The quantitative estimate of drug-likeness (QED) is 0.392. The van der Waals surface area contributed by atoms with Gasteiger partial charge >= 0.3 is 11.9 Å². The van der Waals surface area contributed by atoms with Gasteiger partial charge in [-0.25, -0.2) is 4.79 Å². The number of allylic oxidation sites excluding steroid dienone is 1. The maximum Gasteiger partial charge on any atom is 0.331 e. The fraction of sp³-hybridized carbons (Fsp3) is 0.393. The molecule has 0 unspecified atom stereocenters. The molecule has 0 aromatic heterocycles. The molecule has 1 aliphatic carbocycles. The molecule has 3 N–H and O–H groups in total. The Kier molecular flexibility index (Phi) is 7.48. The van der Waals surface area contributed by atoms with Crippen molar-refractivity contribution in [2.24, 2.45) is 0 Å². The fourth-order valence-corrected chi connectivity index (χ4v) is 5.13. The molecule has 0 bridgehead atoms. The SMILES string of the molecule is COc1cc(O)c2c(c1)[C@@H]([C@@H]1OC[C@@H](OC(C)=O)[C@@H](OC(=O)C=C(C)C)[C@H]1O)c1cc(C)cc(O)c1C2=O. The zero-order chi connectivity index (χ0) is 27.9. The largest absolute Gasteiger partial charge is 0.507 e. The van der Waals surface area contributed by atoms with E-state index in [9.17, 15) is 29.7 Å². The first-order valence-electron chi connectivity index (χ1n) is 12.0. The lowest BCUT2D eigenvalue weighted by Crippen LogP contribution is -2.58. The van der Waals surface area contributed by atoms with Crippen LogP contribution < -0.4 is 4.74 Å². The highest BCUT2D eigenvalue weighted by Crippen LogP contribution is 2.48. The number of aliphatic hydroxyl groups is 1. The van der Waals surface area contributed by atoms with Crippen LogP contribution in [0.25, 0.3) is 0 Å². The summed E-state index contributed by atoms with van der Waals surface area (Å²) in [5.74, 6) is -3.28. The molecule has 5 atom stereocenters. The van der Waals surface area contributed by atoms with Crippen LogP contribution in [0.4, 0.5) is 0 Å². The summed E-state index contributed by atoms with van der Waals surface area (Å²) in [6.45, 7) is 6.11. The average Bonchev–Trinajstić information content (AvgIpc) is 2.80. The molecule has 0 amide bonds. The van der Waals surface area contributed by atoms with E-state index in [2.05, 4.69) is 0 Å². The van der Waals surface area contributed by atoms with Gasteiger partial charge in [-0.05, 0) is 49.6 Å². The average molecular weight is 527 g/mol. The van der Waals surface area contributed by atoms with E-state index < -0.39 is 48.1 Å². The second kappa shape index (κ2) is 10.5. The number of phenols is 2. The molecule has 0 saturated carbocycles. The second-order valence-corrected chi connectivity index (χ2v) is 9.73. The van der Waals surface area contributed by atoms with Crippen LogP contribution in [0, 0.1) is 6.92 Å². The van der Waals surface area contributed by atoms with E-state index in [0.717, 1.165) is 0 Å². The highest BCUT2D eigenvalue weighted by molar-refractivity contribution is 6.16. The summed E-state index contributed by atoms with van der Waals surface area (Å²) < 4.78 is 22.2. The summed E-state index contributed by atoms with van der Waals surface area (Å²) in [4.78, 5) is 37.7. The molecule has 38 heavy (non-hydrogen) atoms. The zero-order valence-electron chi connectivity index (χ0n) is 21.7. The number of rotatable bonds is 5. The van der Waals surface area contributed by atoms with Crippen molar-refractivity contribution in [3.63, 3.8) is 0 Å². The fourth-order valence-electron chi connectivity index (χ4n) is 5.13. The van der Waals surface area contributed by atoms with Gasteiger partial charge in [-0.15, -0.1) is 0 Å². The van der Waals surface area contributed by atoms with Gasteiger partial charge in [0, 0.05) is 25.0 Å². The summed E-state index contributed by atoms with van der Waals surface area (Å²) in [7, 11) is 1.40. The van der Waals surface area contributed by atoms with Gasteiger partial charge in [0.25, 0.3) is 0 Å². The first kappa shape index (κ1) is 27.2. The summed E-state index contributed by atoms with van der Waals surface area (Å²) >= 11 is 0. The van der Waals surface area contributed by atoms with Crippen LogP contribution in [-0.4, -0.2) is 71.2 Å². The monoisotopic (exact) mass is 526 g/mol. The number of aryl methyl sites for hydroxylation is 1. The number of carbonyl (C=O) groups is 3. The smallest absolute Gasteiger partial charge is 0.331 e. The first-order chi connectivity index (χ1) is 17.9. The highest BCUT2D eigenvalue weighted by atomic mass is 16.6. The number of ketones is 1. The lowest BCUT2D eigenvalue weighted by Gasteiger charge is -2.43. The van der Waals surface area contributed by atoms with Crippen LogP contribution in [0.3, 0.4) is 0 Å². The molecule has 2 aromatic carbocycles. The normalized spacial score (nSPS) is 24.1. The van der Waals surface area contributed by atoms with Crippen molar-refractivity contribution < 1.29 is 48.7 Å². The minimum Gasteiger partial charge on any atom is -0.507 e. The van der Waals surface area contributed by atoms with E-state index in [4.69, 9.17) is 18.9 Å². The Bertz CT molecular complexity index is 1320. The van der Waals surface area contributed by atoms with Gasteiger partial charge in [-0.3, -0.25) is 9.59 Å². The van der Waals surface area contributed by atoms with Gasteiger partial charge in [0.15, 0.2) is 12.2 Å². The van der Waals surface area contributed by atoms with E-state index in [1.54, 1.807) is 32.9 Å². The molecule has 0 radical (unpaired) electrons. The maximum absolute atomic E-state index is 13.5. The molecule has 10 heteroatoms. The van der Waals surface area contributed by atoms with Gasteiger partial charge in [-0.2, -0.15) is 0 Å². The number of benzene rings is 2. The van der Waals surface area contributed by atoms with E-state index in [-0.39, 0.29) is 35.0 Å². The minimum absolute atomic E-state index is 0.0374. The van der Waals surface area contributed by atoms with Gasteiger partial charge in [0.2, 0.25) is 5.78 Å². The van der Waals surface area contributed by atoms with Gasteiger partial charge in [0.1, 0.15) is 23.4 Å². The number of carbonyl (C=O) groups excluding carboxylic acids is 3. The summed E-state index contributed by atoms with van der Waals surface area (Å²) in [6, 6.07) is 5.95. The number of phenolic OH excluding ortho intramolecular Hbond substituents is 2. The molecule has 2 aliphatic rings. The van der Waals surface area contributed by atoms with Crippen LogP contribution in [-0.2, 0) is 23.8 Å². The van der Waals surface area contributed by atoms with Crippen molar-refractivity contribution >= 4 is 17.7 Å². The van der Waals surface area contributed by atoms with E-state index in [0.29, 0.717) is 22.3 Å². The van der Waals surface area contributed by atoms with E-state index in [1.165, 1.54) is 32.2 Å². The van der Waals surface area contributed by atoms with Crippen LogP contribution >= 0.6 is 0 Å². The zero-order valence-corrected chi connectivity index (χ0v) is 21.7. The summed E-state index contributed by atoms with van der Waals surface area (Å²) in [5, 5.41) is 33.1. The van der Waals surface area contributed by atoms with Crippen molar-refractivity contribution in [1.82, 2.24) is 0 Å². The number of aliphatic hydroxyl groups excluding tert-OH is 1. The summed E-state index contributed by atoms with van der Waals surface area (Å²) in [6.07, 6.45) is -3.82. The predicted octanol–water partition coefficient (Wildman–Crippen LogP) is 2.66. The minimum atomic E-state index is -1.53. The number of ether oxygens (including phenoxy) is 4. The number of fused-ring (bicyclic) bond motifs is 2. The topological polar surface area (TPSA) is 149 Å². The molecular formula is C28H30O10. The molecule has 1 saturated heterocycles. The van der Waals surface area contributed by atoms with Crippen molar-refractivity contribution in [3.8, 4) is 17.2 Å². The lowest BCUT2D eigenvalue weighted by molar-refractivity contribution is -0.217. The maximum atomic E-state index is 13.5.